The van der Waals surface area contributed by atoms with Crippen LogP contribution in [0.3, 0.4) is 0 Å². The van der Waals surface area contributed by atoms with E-state index < -0.39 is 17.9 Å². The number of nitrogens with zero attached hydrogens (tertiary/aromatic N) is 2. The fourth-order valence-electron chi connectivity index (χ4n) is 3.37. The number of nitrogens with one attached hydrogen (secondary N) is 2. The Kier molecular flexibility index (Phi) is 7.96. The number of aromatic nitrogens is 2. The Morgan fingerprint density at radius 2 is 1.77 bits per heavy atom. The first-order chi connectivity index (χ1) is 14.5. The Morgan fingerprint density at radius 3 is 2.32 bits per heavy atom. The van der Waals surface area contributed by atoms with Crippen LogP contribution in [0.5, 0.6) is 5.75 Å². The van der Waals surface area contributed by atoms with Gasteiger partial charge in [-0.15, -0.1) is 0 Å². The third kappa shape index (κ3) is 7.55. The summed E-state index contributed by atoms with van der Waals surface area (Å²) in [5, 5.41) is 24.7. The quantitative estimate of drug-likeness (QED) is 0.451. The molecule has 31 heavy (non-hydrogen) atoms. The number of amides is 1. The molecule has 1 atom stereocenters. The van der Waals surface area contributed by atoms with Crippen molar-refractivity contribution in [3.63, 3.8) is 0 Å². The number of aryl methyl sites for hydroxylation is 3. The molecule has 2 rings (SSSR count). The average Bonchev–Trinajstić information content (AvgIpc) is 2.63. The highest BCUT2D eigenvalue weighted by Crippen LogP contribution is 2.22. The van der Waals surface area contributed by atoms with Gasteiger partial charge in [0.2, 0.25) is 5.95 Å². The Labute approximate surface area is 183 Å². The zero-order valence-corrected chi connectivity index (χ0v) is 18.8. The molecule has 2 aromatic rings. The van der Waals surface area contributed by atoms with Gasteiger partial charge in [-0.05, 0) is 56.2 Å². The number of aliphatic carboxylic acids is 1. The third-order valence-corrected chi connectivity index (χ3v) is 4.75. The molecular weight excluding hydrogens is 396 g/mol. The molecule has 4 N–H and O–H groups in total. The van der Waals surface area contributed by atoms with Crippen molar-refractivity contribution in [2.75, 3.05) is 11.9 Å². The molecule has 0 fully saturated rings. The number of carboxylic acid groups (broad SMARTS) is 1. The molecule has 8 nitrogen and oxygen atoms in total. The lowest BCUT2D eigenvalue weighted by Gasteiger charge is -2.24. The molecule has 0 saturated carbocycles. The number of phenolic OH excluding ortho intramolecular Hbond substituents is 1. The van der Waals surface area contributed by atoms with Gasteiger partial charge in [0.15, 0.2) is 0 Å². The Balaban J connectivity index is 2.00. The van der Waals surface area contributed by atoms with Crippen molar-refractivity contribution in [3.05, 3.63) is 46.8 Å². The number of benzene rings is 1. The highest BCUT2D eigenvalue weighted by atomic mass is 16.4. The second-order valence-corrected chi connectivity index (χ2v) is 8.92. The van der Waals surface area contributed by atoms with Gasteiger partial charge in [-0.2, -0.15) is 0 Å². The summed E-state index contributed by atoms with van der Waals surface area (Å²) in [4.78, 5) is 33.1. The summed E-state index contributed by atoms with van der Waals surface area (Å²) in [5.74, 6) is -0.875. The minimum atomic E-state index is -1.07. The average molecular weight is 429 g/mol. The zero-order chi connectivity index (χ0) is 23.2. The van der Waals surface area contributed by atoms with E-state index in [1.165, 1.54) is 0 Å². The number of hydrogen-bond donors (Lipinski definition) is 4. The van der Waals surface area contributed by atoms with Gasteiger partial charge in [-0.1, -0.05) is 32.9 Å². The van der Waals surface area contributed by atoms with E-state index in [2.05, 4.69) is 20.6 Å². The number of anilines is 1. The minimum absolute atomic E-state index is 0.247. The van der Waals surface area contributed by atoms with Crippen LogP contribution in [0.15, 0.2) is 24.3 Å². The van der Waals surface area contributed by atoms with Gasteiger partial charge in [0.25, 0.3) is 5.91 Å². The van der Waals surface area contributed by atoms with Gasteiger partial charge in [0.05, 0.1) is 17.0 Å². The number of carboxylic acids is 1. The van der Waals surface area contributed by atoms with E-state index in [4.69, 9.17) is 0 Å². The predicted octanol–water partition coefficient (Wildman–Crippen LogP) is 3.46. The van der Waals surface area contributed by atoms with Crippen LogP contribution in [0.25, 0.3) is 0 Å². The predicted molar refractivity (Wildman–Crippen MR) is 119 cm³/mol. The lowest BCUT2D eigenvalue weighted by Crippen LogP contribution is -2.43. The summed E-state index contributed by atoms with van der Waals surface area (Å²) in [6.45, 7) is 9.83. The van der Waals surface area contributed by atoms with E-state index in [0.717, 1.165) is 18.4 Å². The minimum Gasteiger partial charge on any atom is -0.508 e. The van der Waals surface area contributed by atoms with Crippen molar-refractivity contribution in [3.8, 4) is 5.75 Å². The van der Waals surface area contributed by atoms with Crippen LogP contribution in [0.2, 0.25) is 0 Å². The maximum Gasteiger partial charge on any atom is 0.326 e. The summed E-state index contributed by atoms with van der Waals surface area (Å²) in [7, 11) is 0. The molecule has 168 valence electrons. The number of phenols is 1. The molecule has 8 heteroatoms. The van der Waals surface area contributed by atoms with E-state index in [1.807, 2.05) is 32.9 Å². The fourth-order valence-corrected chi connectivity index (χ4v) is 3.37. The largest absolute Gasteiger partial charge is 0.508 e. The van der Waals surface area contributed by atoms with Crippen molar-refractivity contribution in [1.82, 2.24) is 15.3 Å². The van der Waals surface area contributed by atoms with Gasteiger partial charge in [0.1, 0.15) is 11.8 Å². The lowest BCUT2D eigenvalue weighted by atomic mass is 9.88. The first kappa shape index (κ1) is 24.1. The van der Waals surface area contributed by atoms with Crippen LogP contribution in [0, 0.1) is 19.3 Å². The summed E-state index contributed by atoms with van der Waals surface area (Å²) in [6, 6.07) is 6.17. The Morgan fingerprint density at radius 1 is 1.13 bits per heavy atom. The molecule has 0 unspecified atom stereocenters. The molecule has 0 spiro atoms. The summed E-state index contributed by atoms with van der Waals surface area (Å²) in [5.41, 5.74) is 2.07. The van der Waals surface area contributed by atoms with Crippen molar-refractivity contribution in [2.24, 2.45) is 5.41 Å². The van der Waals surface area contributed by atoms with Gasteiger partial charge < -0.3 is 20.8 Å². The number of carbonyl (C=O) groups excluding carboxylic acids is 1. The molecular formula is C23H32N4O4. The molecule has 1 amide bonds. The van der Waals surface area contributed by atoms with Gasteiger partial charge in [0, 0.05) is 6.54 Å². The summed E-state index contributed by atoms with van der Waals surface area (Å²) < 4.78 is 0. The van der Waals surface area contributed by atoms with Crippen LogP contribution >= 0.6 is 0 Å². The number of carbonyl (C=O) groups is 2. The van der Waals surface area contributed by atoms with Crippen LogP contribution in [-0.2, 0) is 11.2 Å². The second kappa shape index (κ2) is 10.2. The second-order valence-electron chi connectivity index (χ2n) is 8.92. The van der Waals surface area contributed by atoms with E-state index in [0.29, 0.717) is 35.9 Å². The van der Waals surface area contributed by atoms with Crippen molar-refractivity contribution in [1.29, 1.82) is 0 Å². The standard InChI is InChI=1S/C23H32N4O4/c1-14-19(20(29)27-18(21(30)31)13-23(3,4)5)15(2)26-22(25-14)24-11-7-9-16-8-6-10-17(28)12-16/h6,8,10,12,18,28H,7,9,11,13H2,1-5H3,(H,27,29)(H,30,31)(H,24,25,26)/t18-/m0/s1. The van der Waals surface area contributed by atoms with Crippen molar-refractivity contribution >= 4 is 17.8 Å². The fraction of sp³-hybridized carbons (Fsp3) is 0.478. The van der Waals surface area contributed by atoms with Crippen molar-refractivity contribution in [2.45, 2.75) is 59.9 Å². The van der Waals surface area contributed by atoms with E-state index >= 15 is 0 Å². The zero-order valence-electron chi connectivity index (χ0n) is 18.8. The number of rotatable bonds is 9. The number of hydrogen-bond acceptors (Lipinski definition) is 6. The van der Waals surface area contributed by atoms with E-state index in [1.54, 1.807) is 26.0 Å². The lowest BCUT2D eigenvalue weighted by molar-refractivity contribution is -0.140. The summed E-state index contributed by atoms with van der Waals surface area (Å²) in [6.07, 6.45) is 1.93. The smallest absolute Gasteiger partial charge is 0.326 e. The molecule has 0 aliphatic rings. The first-order valence-electron chi connectivity index (χ1n) is 10.4. The SMILES string of the molecule is Cc1nc(NCCCc2cccc(O)c2)nc(C)c1C(=O)N[C@@H](CC(C)(C)C)C(=O)O. The topological polar surface area (TPSA) is 124 Å². The first-order valence-corrected chi connectivity index (χ1v) is 10.4. The maximum atomic E-state index is 12.7. The van der Waals surface area contributed by atoms with Crippen LogP contribution in [0.4, 0.5) is 5.95 Å². The van der Waals surface area contributed by atoms with Crippen LogP contribution in [0.1, 0.15) is 60.9 Å². The molecule has 0 saturated heterocycles. The third-order valence-electron chi connectivity index (χ3n) is 4.75. The molecule has 0 aliphatic carbocycles. The molecule has 1 heterocycles. The highest BCUT2D eigenvalue weighted by molar-refractivity contribution is 5.98. The van der Waals surface area contributed by atoms with Crippen LogP contribution < -0.4 is 10.6 Å². The van der Waals surface area contributed by atoms with Gasteiger partial charge >= 0.3 is 5.97 Å². The highest BCUT2D eigenvalue weighted by Gasteiger charge is 2.28. The summed E-state index contributed by atoms with van der Waals surface area (Å²) >= 11 is 0. The Bertz CT molecular complexity index is 914. The molecule has 0 radical (unpaired) electrons. The van der Waals surface area contributed by atoms with E-state index in [9.17, 15) is 19.8 Å². The maximum absolute atomic E-state index is 12.7. The monoisotopic (exact) mass is 428 g/mol. The Hall–Kier alpha value is -3.16. The van der Waals surface area contributed by atoms with Gasteiger partial charge in [-0.3, -0.25) is 4.79 Å². The normalized spacial score (nSPS) is 12.3. The van der Waals surface area contributed by atoms with Crippen LogP contribution in [-0.4, -0.2) is 44.6 Å². The molecule has 0 aliphatic heterocycles. The van der Waals surface area contributed by atoms with E-state index in [-0.39, 0.29) is 11.2 Å². The molecule has 1 aromatic carbocycles. The molecule has 0 bridgehead atoms. The molecule has 1 aromatic heterocycles. The van der Waals surface area contributed by atoms with Crippen molar-refractivity contribution < 1.29 is 19.8 Å². The number of aromatic hydroxyl groups is 1. The van der Waals surface area contributed by atoms with Gasteiger partial charge in [-0.25, -0.2) is 14.8 Å².